The zero-order chi connectivity index (χ0) is 16.8. The molecule has 4 atom stereocenters. The molecule has 0 aromatic carbocycles. The number of nitrogens with two attached hydrogens (primary N) is 1. The second-order valence-electron chi connectivity index (χ2n) is 6.20. The van der Waals surface area contributed by atoms with E-state index in [0.717, 1.165) is 12.8 Å². The molecule has 4 rings (SSSR count). The van der Waals surface area contributed by atoms with Crippen molar-refractivity contribution in [1.82, 2.24) is 24.8 Å². The van der Waals surface area contributed by atoms with Crippen molar-refractivity contribution in [2.45, 2.75) is 37.4 Å². The molecule has 1 saturated carbocycles. The number of carbonyl (C=O) groups is 1. The Balaban J connectivity index is 1.56. The van der Waals surface area contributed by atoms with Gasteiger partial charge in [0.2, 0.25) is 0 Å². The van der Waals surface area contributed by atoms with E-state index in [1.165, 1.54) is 17.2 Å². The van der Waals surface area contributed by atoms with E-state index >= 15 is 0 Å². The summed E-state index contributed by atoms with van der Waals surface area (Å²) in [4.78, 5) is 24.2. The number of aromatic nitrogens is 4. The largest absolute Gasteiger partial charge is 0.387 e. The third kappa shape index (κ3) is 2.48. The first-order valence-corrected chi connectivity index (χ1v) is 7.78. The van der Waals surface area contributed by atoms with Gasteiger partial charge >= 0.3 is 0 Å². The number of rotatable bonds is 4. The molecule has 1 amide bonds. The number of ether oxygens (including phenoxy) is 1. The molecule has 24 heavy (non-hydrogen) atoms. The molecule has 0 spiro atoms. The molecule has 2 fully saturated rings. The summed E-state index contributed by atoms with van der Waals surface area (Å²) in [6.45, 7) is 0.559. The highest BCUT2D eigenvalue weighted by atomic mass is 16.6. The fourth-order valence-corrected chi connectivity index (χ4v) is 2.83. The molecule has 2 aliphatic rings. The van der Waals surface area contributed by atoms with Gasteiger partial charge in [-0.3, -0.25) is 9.36 Å². The summed E-state index contributed by atoms with van der Waals surface area (Å²) in [6, 6.07) is 0. The number of aliphatic hydroxyl groups excluding tert-OH is 2. The van der Waals surface area contributed by atoms with Crippen molar-refractivity contribution in [2.75, 3.05) is 12.3 Å². The van der Waals surface area contributed by atoms with Crippen LogP contribution in [0.2, 0.25) is 0 Å². The number of nitrogens with one attached hydrogen (secondary N) is 1. The normalized spacial score (nSPS) is 29.9. The van der Waals surface area contributed by atoms with Gasteiger partial charge in [-0.2, -0.15) is 0 Å². The Kier molecular flexibility index (Phi) is 3.59. The summed E-state index contributed by atoms with van der Waals surface area (Å²) in [5.41, 5.74) is 6.46. The van der Waals surface area contributed by atoms with Crippen LogP contribution in [0.15, 0.2) is 12.7 Å². The third-order valence-electron chi connectivity index (χ3n) is 4.42. The first-order valence-electron chi connectivity index (χ1n) is 7.78. The van der Waals surface area contributed by atoms with Crippen LogP contribution in [-0.2, 0) is 9.53 Å². The molecule has 0 bridgehead atoms. The fraction of sp³-hybridized carbons (Fsp3) is 0.571. The van der Waals surface area contributed by atoms with Gasteiger partial charge in [0.05, 0.1) is 6.33 Å². The fourth-order valence-electron chi connectivity index (χ4n) is 2.83. The van der Waals surface area contributed by atoms with Crippen LogP contribution in [0.4, 0.5) is 5.82 Å². The van der Waals surface area contributed by atoms with E-state index in [1.54, 1.807) is 0 Å². The molecule has 3 heterocycles. The number of hydrogen-bond donors (Lipinski definition) is 4. The smallest absolute Gasteiger partial charge is 0.252 e. The highest BCUT2D eigenvalue weighted by molar-refractivity contribution is 5.82. The Bertz CT molecular complexity index is 776. The van der Waals surface area contributed by atoms with Crippen LogP contribution < -0.4 is 11.1 Å². The van der Waals surface area contributed by atoms with E-state index in [1.807, 2.05) is 0 Å². The predicted molar refractivity (Wildman–Crippen MR) is 81.4 cm³/mol. The molecule has 2 aromatic heterocycles. The van der Waals surface area contributed by atoms with Gasteiger partial charge in [0, 0.05) is 6.54 Å². The molecule has 10 nitrogen and oxygen atoms in total. The van der Waals surface area contributed by atoms with E-state index in [-0.39, 0.29) is 5.82 Å². The SMILES string of the molecule is Nc1ncnc2c1ncn2C1O[C@H](C(=O)NCC2CC2)[C@@H](O)[C@H]1O. The molecule has 10 heteroatoms. The van der Waals surface area contributed by atoms with Crippen LogP contribution in [0.5, 0.6) is 0 Å². The standard InChI is InChI=1S/C14H18N6O4/c15-11-7-12(18-4-17-11)20(5-19-7)14-9(22)8(21)10(24-14)13(23)16-3-6-1-2-6/h4-6,8-10,14,21-22H,1-3H2,(H,16,23)(H2,15,17,18)/t8-,9+,10-,14?/m0/s1. The van der Waals surface area contributed by atoms with Crippen molar-refractivity contribution < 1.29 is 19.7 Å². The number of nitrogens with zero attached hydrogens (tertiary/aromatic N) is 4. The van der Waals surface area contributed by atoms with E-state index < -0.39 is 30.4 Å². The van der Waals surface area contributed by atoms with E-state index in [4.69, 9.17) is 10.5 Å². The average Bonchev–Trinajstić information content (AvgIpc) is 3.23. The van der Waals surface area contributed by atoms with Crippen LogP contribution >= 0.6 is 0 Å². The van der Waals surface area contributed by atoms with Gasteiger partial charge in [-0.05, 0) is 18.8 Å². The Morgan fingerprint density at radius 3 is 2.88 bits per heavy atom. The van der Waals surface area contributed by atoms with Crippen LogP contribution in [0, 0.1) is 5.92 Å². The quantitative estimate of drug-likeness (QED) is 0.531. The Labute approximate surface area is 136 Å². The van der Waals surface area contributed by atoms with Gasteiger partial charge in [-0.15, -0.1) is 0 Å². The first-order chi connectivity index (χ1) is 11.6. The van der Waals surface area contributed by atoms with Gasteiger partial charge in [0.25, 0.3) is 5.91 Å². The summed E-state index contributed by atoms with van der Waals surface area (Å²) in [5, 5.41) is 23.2. The zero-order valence-corrected chi connectivity index (χ0v) is 12.7. The molecule has 1 unspecified atom stereocenters. The monoisotopic (exact) mass is 334 g/mol. The Morgan fingerprint density at radius 1 is 1.33 bits per heavy atom. The van der Waals surface area contributed by atoms with E-state index in [0.29, 0.717) is 23.6 Å². The van der Waals surface area contributed by atoms with Gasteiger partial charge in [0.15, 0.2) is 23.8 Å². The molecular weight excluding hydrogens is 316 g/mol. The molecule has 1 aliphatic heterocycles. The number of carbonyl (C=O) groups excluding carboxylic acids is 1. The van der Waals surface area contributed by atoms with Crippen molar-refractivity contribution in [2.24, 2.45) is 5.92 Å². The van der Waals surface area contributed by atoms with Crippen LogP contribution in [-0.4, -0.2) is 60.5 Å². The lowest BCUT2D eigenvalue weighted by molar-refractivity contribution is -0.137. The number of fused-ring (bicyclic) bond motifs is 1. The van der Waals surface area contributed by atoms with Gasteiger partial charge in [-0.25, -0.2) is 15.0 Å². The molecule has 2 aromatic rings. The van der Waals surface area contributed by atoms with Crippen molar-refractivity contribution in [3.05, 3.63) is 12.7 Å². The lowest BCUT2D eigenvalue weighted by atomic mass is 10.1. The summed E-state index contributed by atoms with van der Waals surface area (Å²) < 4.78 is 7.04. The lowest BCUT2D eigenvalue weighted by Gasteiger charge is -2.16. The number of imidazole rings is 1. The lowest BCUT2D eigenvalue weighted by Crippen LogP contribution is -2.43. The zero-order valence-electron chi connectivity index (χ0n) is 12.7. The van der Waals surface area contributed by atoms with Crippen molar-refractivity contribution in [1.29, 1.82) is 0 Å². The van der Waals surface area contributed by atoms with Gasteiger partial charge in [0.1, 0.15) is 24.1 Å². The highest BCUT2D eigenvalue weighted by Gasteiger charge is 2.47. The number of amides is 1. The van der Waals surface area contributed by atoms with Gasteiger partial charge in [-0.1, -0.05) is 0 Å². The number of hydrogen-bond acceptors (Lipinski definition) is 8. The Hall–Kier alpha value is -2.30. The minimum atomic E-state index is -1.34. The maximum absolute atomic E-state index is 12.2. The van der Waals surface area contributed by atoms with Crippen molar-refractivity contribution >= 4 is 22.9 Å². The Morgan fingerprint density at radius 2 is 2.12 bits per heavy atom. The summed E-state index contributed by atoms with van der Waals surface area (Å²) >= 11 is 0. The second kappa shape index (κ2) is 5.65. The molecule has 1 saturated heterocycles. The summed E-state index contributed by atoms with van der Waals surface area (Å²) in [7, 11) is 0. The number of aliphatic hydroxyl groups is 2. The molecular formula is C14H18N6O4. The second-order valence-corrected chi connectivity index (χ2v) is 6.20. The topological polar surface area (TPSA) is 148 Å². The molecule has 5 N–H and O–H groups in total. The summed E-state index contributed by atoms with van der Waals surface area (Å²) in [6.07, 6.45) is 0.0788. The third-order valence-corrected chi connectivity index (χ3v) is 4.42. The molecule has 1 aliphatic carbocycles. The maximum atomic E-state index is 12.2. The van der Waals surface area contributed by atoms with Gasteiger partial charge < -0.3 is 26.0 Å². The van der Waals surface area contributed by atoms with Crippen molar-refractivity contribution in [3.63, 3.8) is 0 Å². The highest BCUT2D eigenvalue weighted by Crippen LogP contribution is 2.32. The van der Waals surface area contributed by atoms with E-state index in [2.05, 4.69) is 20.3 Å². The minimum Gasteiger partial charge on any atom is -0.387 e. The van der Waals surface area contributed by atoms with E-state index in [9.17, 15) is 15.0 Å². The minimum absolute atomic E-state index is 0.200. The van der Waals surface area contributed by atoms with Crippen LogP contribution in [0.25, 0.3) is 11.2 Å². The molecule has 128 valence electrons. The van der Waals surface area contributed by atoms with Crippen LogP contribution in [0.3, 0.4) is 0 Å². The maximum Gasteiger partial charge on any atom is 0.252 e. The number of anilines is 1. The molecule has 0 radical (unpaired) electrons. The summed E-state index contributed by atoms with van der Waals surface area (Å²) in [5.74, 6) is 0.269. The van der Waals surface area contributed by atoms with Crippen molar-refractivity contribution in [3.8, 4) is 0 Å². The first kappa shape index (κ1) is 15.2. The number of nitrogen functional groups attached to an aromatic ring is 1. The van der Waals surface area contributed by atoms with Crippen LogP contribution in [0.1, 0.15) is 19.1 Å². The average molecular weight is 334 g/mol. The predicted octanol–water partition coefficient (Wildman–Crippen LogP) is -1.45.